The Morgan fingerprint density at radius 2 is 2.00 bits per heavy atom. The van der Waals surface area contributed by atoms with Crippen LogP contribution in [0.2, 0.25) is 0 Å². The van der Waals surface area contributed by atoms with Crippen LogP contribution in [0.25, 0.3) is 11.5 Å². The number of halogens is 1. The van der Waals surface area contributed by atoms with Gasteiger partial charge >= 0.3 is 0 Å². The minimum absolute atomic E-state index is 0.0365. The Balaban J connectivity index is 1.85. The largest absolute Gasteiger partial charge is 0.411 e. The number of nitrogens with zero attached hydrogens (tertiary/aromatic N) is 2. The average molecular weight is 352 g/mol. The van der Waals surface area contributed by atoms with E-state index in [9.17, 15) is 14.0 Å². The summed E-state index contributed by atoms with van der Waals surface area (Å²) in [5.74, 6) is -0.638. The summed E-state index contributed by atoms with van der Waals surface area (Å²) in [6.45, 7) is 3.91. The molecule has 0 fully saturated rings. The third-order valence-electron chi connectivity index (χ3n) is 2.95. The lowest BCUT2D eigenvalue weighted by molar-refractivity contribution is -0.127. The van der Waals surface area contributed by atoms with Gasteiger partial charge in [0.2, 0.25) is 17.7 Å². The second kappa shape index (κ2) is 8.44. The molecule has 1 atom stereocenters. The van der Waals surface area contributed by atoms with E-state index in [4.69, 9.17) is 4.42 Å². The van der Waals surface area contributed by atoms with Crippen LogP contribution in [0, 0.1) is 5.82 Å². The number of thioether (sulfide) groups is 1. The van der Waals surface area contributed by atoms with Gasteiger partial charge in [0.25, 0.3) is 5.22 Å². The number of likely N-dealkylation sites (N-methyl/N-ethyl adjacent to an activating group) is 1. The van der Waals surface area contributed by atoms with Crippen molar-refractivity contribution >= 4 is 23.6 Å². The van der Waals surface area contributed by atoms with Crippen LogP contribution in [0.15, 0.2) is 33.9 Å². The Labute approximate surface area is 142 Å². The highest BCUT2D eigenvalue weighted by molar-refractivity contribution is 7.99. The van der Waals surface area contributed by atoms with Gasteiger partial charge in [-0.05, 0) is 38.1 Å². The van der Waals surface area contributed by atoms with Crippen LogP contribution >= 0.6 is 11.8 Å². The molecule has 0 unspecified atom stereocenters. The molecule has 1 aromatic heterocycles. The molecular weight excluding hydrogens is 335 g/mol. The second-order valence-corrected chi connectivity index (χ2v) is 5.78. The van der Waals surface area contributed by atoms with E-state index in [1.54, 1.807) is 13.8 Å². The first-order valence-corrected chi connectivity index (χ1v) is 8.27. The van der Waals surface area contributed by atoms with E-state index in [0.29, 0.717) is 12.1 Å². The van der Waals surface area contributed by atoms with Gasteiger partial charge in [-0.3, -0.25) is 9.59 Å². The van der Waals surface area contributed by atoms with Gasteiger partial charge in [0.1, 0.15) is 11.9 Å². The van der Waals surface area contributed by atoms with E-state index >= 15 is 0 Å². The maximum absolute atomic E-state index is 12.9. The Bertz CT molecular complexity index is 705. The number of hydrogen-bond acceptors (Lipinski definition) is 6. The normalized spacial score (nSPS) is 11.8. The fraction of sp³-hybridized carbons (Fsp3) is 0.333. The summed E-state index contributed by atoms with van der Waals surface area (Å²) in [5.41, 5.74) is 0.588. The van der Waals surface area contributed by atoms with Crippen LogP contribution in [-0.4, -0.2) is 40.4 Å². The van der Waals surface area contributed by atoms with Crippen molar-refractivity contribution in [1.29, 1.82) is 0 Å². The van der Waals surface area contributed by atoms with Gasteiger partial charge in [-0.2, -0.15) is 0 Å². The van der Waals surface area contributed by atoms with Crippen LogP contribution in [0.4, 0.5) is 4.39 Å². The maximum Gasteiger partial charge on any atom is 0.277 e. The molecule has 0 aliphatic heterocycles. The Kier molecular flexibility index (Phi) is 6.30. The first-order chi connectivity index (χ1) is 11.5. The van der Waals surface area contributed by atoms with E-state index in [1.807, 2.05) is 0 Å². The molecule has 24 heavy (non-hydrogen) atoms. The zero-order chi connectivity index (χ0) is 17.5. The molecule has 0 aliphatic carbocycles. The maximum atomic E-state index is 12.9. The van der Waals surface area contributed by atoms with Crippen LogP contribution in [0.5, 0.6) is 0 Å². The molecule has 0 bridgehead atoms. The van der Waals surface area contributed by atoms with Gasteiger partial charge in [-0.25, -0.2) is 4.39 Å². The molecule has 0 saturated heterocycles. The molecule has 1 aromatic carbocycles. The topological polar surface area (TPSA) is 97.1 Å². The fourth-order valence-electron chi connectivity index (χ4n) is 1.78. The standard InChI is InChI=1S/C15H17FN4O3S/c1-3-17-13(22)9(2)18-12(21)8-24-15-20-19-14(23-15)10-4-6-11(16)7-5-10/h4-7,9H,3,8H2,1-2H3,(H,17,22)(H,18,21)/t9-/m0/s1. The third kappa shape index (κ3) is 5.05. The van der Waals surface area contributed by atoms with E-state index in [2.05, 4.69) is 20.8 Å². The number of benzene rings is 1. The van der Waals surface area contributed by atoms with E-state index in [1.165, 1.54) is 24.3 Å². The van der Waals surface area contributed by atoms with Gasteiger partial charge in [0.15, 0.2) is 0 Å². The van der Waals surface area contributed by atoms with Crippen molar-refractivity contribution in [2.75, 3.05) is 12.3 Å². The van der Waals surface area contributed by atoms with Crippen molar-refractivity contribution in [3.05, 3.63) is 30.1 Å². The molecule has 1 heterocycles. The van der Waals surface area contributed by atoms with Crippen molar-refractivity contribution in [1.82, 2.24) is 20.8 Å². The number of rotatable bonds is 7. The molecule has 2 rings (SSSR count). The lowest BCUT2D eigenvalue weighted by Gasteiger charge is -2.12. The molecule has 0 radical (unpaired) electrons. The van der Waals surface area contributed by atoms with Crippen molar-refractivity contribution in [2.45, 2.75) is 25.1 Å². The Morgan fingerprint density at radius 1 is 1.29 bits per heavy atom. The van der Waals surface area contributed by atoms with Crippen LogP contribution in [0.1, 0.15) is 13.8 Å². The van der Waals surface area contributed by atoms with Crippen molar-refractivity contribution in [3.63, 3.8) is 0 Å². The molecule has 0 aliphatic rings. The molecule has 2 aromatic rings. The number of amides is 2. The molecule has 9 heteroatoms. The zero-order valence-corrected chi connectivity index (χ0v) is 14.0. The van der Waals surface area contributed by atoms with Crippen molar-refractivity contribution in [2.24, 2.45) is 0 Å². The molecule has 0 saturated carbocycles. The van der Waals surface area contributed by atoms with Gasteiger partial charge in [0, 0.05) is 12.1 Å². The lowest BCUT2D eigenvalue weighted by Crippen LogP contribution is -2.45. The highest BCUT2D eigenvalue weighted by Gasteiger charge is 2.16. The summed E-state index contributed by atoms with van der Waals surface area (Å²) in [4.78, 5) is 23.3. The van der Waals surface area contributed by atoms with E-state index in [0.717, 1.165) is 11.8 Å². The quantitative estimate of drug-likeness (QED) is 0.735. The van der Waals surface area contributed by atoms with Gasteiger partial charge in [-0.1, -0.05) is 11.8 Å². The minimum Gasteiger partial charge on any atom is -0.411 e. The first kappa shape index (κ1) is 17.9. The van der Waals surface area contributed by atoms with Crippen LogP contribution in [0.3, 0.4) is 0 Å². The lowest BCUT2D eigenvalue weighted by atomic mass is 10.2. The summed E-state index contributed by atoms with van der Waals surface area (Å²) in [6, 6.07) is 5.02. The van der Waals surface area contributed by atoms with E-state index < -0.39 is 6.04 Å². The molecule has 7 nitrogen and oxygen atoms in total. The number of carbonyl (C=O) groups excluding carboxylic acids is 2. The van der Waals surface area contributed by atoms with E-state index in [-0.39, 0.29) is 34.5 Å². The fourth-order valence-corrected chi connectivity index (χ4v) is 2.35. The number of nitrogens with one attached hydrogen (secondary N) is 2. The molecular formula is C15H17FN4O3S. The molecule has 0 spiro atoms. The summed E-state index contributed by atoms with van der Waals surface area (Å²) >= 11 is 1.06. The monoisotopic (exact) mass is 352 g/mol. The number of aromatic nitrogens is 2. The first-order valence-electron chi connectivity index (χ1n) is 7.29. The molecule has 128 valence electrons. The highest BCUT2D eigenvalue weighted by Crippen LogP contribution is 2.23. The summed E-state index contributed by atoms with van der Waals surface area (Å²) in [7, 11) is 0. The second-order valence-electron chi connectivity index (χ2n) is 4.85. The van der Waals surface area contributed by atoms with Crippen LogP contribution < -0.4 is 10.6 Å². The number of carbonyl (C=O) groups is 2. The predicted molar refractivity (Wildman–Crippen MR) is 86.7 cm³/mol. The van der Waals surface area contributed by atoms with Gasteiger partial charge in [-0.15, -0.1) is 10.2 Å². The third-order valence-corrected chi connectivity index (χ3v) is 3.76. The summed E-state index contributed by atoms with van der Waals surface area (Å²) in [5, 5.41) is 13.1. The van der Waals surface area contributed by atoms with Crippen molar-refractivity contribution < 1.29 is 18.4 Å². The summed E-state index contributed by atoms with van der Waals surface area (Å²) in [6.07, 6.45) is 0. The average Bonchev–Trinajstić information content (AvgIpc) is 3.03. The summed E-state index contributed by atoms with van der Waals surface area (Å²) < 4.78 is 18.3. The molecule has 2 N–H and O–H groups in total. The van der Waals surface area contributed by atoms with Crippen molar-refractivity contribution in [3.8, 4) is 11.5 Å². The van der Waals surface area contributed by atoms with Gasteiger partial charge < -0.3 is 15.1 Å². The number of hydrogen-bond donors (Lipinski definition) is 2. The Morgan fingerprint density at radius 3 is 2.67 bits per heavy atom. The van der Waals surface area contributed by atoms with Crippen LogP contribution in [-0.2, 0) is 9.59 Å². The predicted octanol–water partition coefficient (Wildman–Crippen LogP) is 1.61. The zero-order valence-electron chi connectivity index (χ0n) is 13.2. The smallest absolute Gasteiger partial charge is 0.277 e. The SMILES string of the molecule is CCNC(=O)[C@H](C)NC(=O)CSc1nnc(-c2ccc(F)cc2)o1. The minimum atomic E-state index is -0.615. The highest BCUT2D eigenvalue weighted by atomic mass is 32.2. The molecule has 2 amide bonds. The Hall–Kier alpha value is -2.42. The van der Waals surface area contributed by atoms with Gasteiger partial charge in [0.05, 0.1) is 5.75 Å².